The van der Waals surface area contributed by atoms with Gasteiger partial charge in [0.15, 0.2) is 12.4 Å². The van der Waals surface area contributed by atoms with Gasteiger partial charge < -0.3 is 19.5 Å². The van der Waals surface area contributed by atoms with Crippen molar-refractivity contribution in [3.05, 3.63) is 50.9 Å². The Kier molecular flexibility index (Phi) is 6.25. The maximum atomic E-state index is 13.2. The van der Waals surface area contributed by atoms with E-state index in [-0.39, 0.29) is 41.8 Å². The molecule has 10 nitrogen and oxygen atoms in total. The molecule has 3 aromatic rings. The number of ketones is 1. The van der Waals surface area contributed by atoms with E-state index in [1.165, 1.54) is 24.1 Å². The monoisotopic (exact) mass is 471 g/mol. The van der Waals surface area contributed by atoms with Gasteiger partial charge in [-0.25, -0.2) is 9.78 Å². The number of hydrogen-bond acceptors (Lipinski definition) is 9. The summed E-state index contributed by atoms with van der Waals surface area (Å²) in [5.74, 6) is -0.734. The lowest BCUT2D eigenvalue weighted by Crippen LogP contribution is -2.29. The van der Waals surface area contributed by atoms with Crippen LogP contribution < -0.4 is 15.6 Å². The number of carbonyl (C=O) groups is 3. The van der Waals surface area contributed by atoms with E-state index in [0.29, 0.717) is 27.4 Å². The van der Waals surface area contributed by atoms with Gasteiger partial charge in [-0.15, -0.1) is 11.3 Å². The van der Waals surface area contributed by atoms with E-state index in [2.05, 4.69) is 10.3 Å². The molecular weight excluding hydrogens is 450 g/mol. The van der Waals surface area contributed by atoms with Gasteiger partial charge >= 0.3 is 5.97 Å². The highest BCUT2D eigenvalue weighted by molar-refractivity contribution is 7.20. The van der Waals surface area contributed by atoms with E-state index >= 15 is 0 Å². The molecule has 1 atom stereocenters. The van der Waals surface area contributed by atoms with Crippen molar-refractivity contribution in [1.82, 2.24) is 9.55 Å². The Balaban J connectivity index is 1.65. The lowest BCUT2D eigenvalue weighted by Gasteiger charge is -2.19. The van der Waals surface area contributed by atoms with Crippen LogP contribution in [0.4, 0.5) is 5.69 Å². The number of carbonyl (C=O) groups excluding carboxylic acids is 3. The van der Waals surface area contributed by atoms with Gasteiger partial charge in [0, 0.05) is 12.7 Å². The Labute approximate surface area is 192 Å². The number of amides is 1. The van der Waals surface area contributed by atoms with Crippen LogP contribution in [0.3, 0.4) is 0 Å². The predicted molar refractivity (Wildman–Crippen MR) is 120 cm³/mol. The summed E-state index contributed by atoms with van der Waals surface area (Å²) in [5, 5.41) is 2.93. The fourth-order valence-corrected chi connectivity index (χ4v) is 4.53. The topological polar surface area (TPSA) is 126 Å². The zero-order valence-electron chi connectivity index (χ0n) is 18.2. The van der Waals surface area contributed by atoms with Gasteiger partial charge in [-0.1, -0.05) is 0 Å². The van der Waals surface area contributed by atoms with Gasteiger partial charge in [0.25, 0.3) is 11.5 Å². The number of nitrogens with one attached hydrogen (secondary N) is 1. The molecule has 0 saturated heterocycles. The highest BCUT2D eigenvalue weighted by Gasteiger charge is 2.25. The van der Waals surface area contributed by atoms with Gasteiger partial charge in [-0.3, -0.25) is 19.0 Å². The summed E-state index contributed by atoms with van der Waals surface area (Å²) < 4.78 is 16.6. The molecule has 33 heavy (non-hydrogen) atoms. The second-order valence-electron chi connectivity index (χ2n) is 7.41. The van der Waals surface area contributed by atoms with Gasteiger partial charge in [0.2, 0.25) is 0 Å². The first-order valence-electron chi connectivity index (χ1n) is 10.1. The molecule has 1 unspecified atom stereocenters. The van der Waals surface area contributed by atoms with Crippen molar-refractivity contribution in [3.63, 3.8) is 0 Å². The molecule has 11 heteroatoms. The Morgan fingerprint density at radius 3 is 2.85 bits per heavy atom. The molecule has 0 bridgehead atoms. The largest absolute Gasteiger partial charge is 0.482 e. The van der Waals surface area contributed by atoms with Crippen LogP contribution in [0.1, 0.15) is 38.6 Å². The SMILES string of the molecule is COCCOC(=O)c1sc2ncn(C(C)C(=O)c3ccc4c(c3)NC(=O)CO4)c(=O)c2c1C. The van der Waals surface area contributed by atoms with Crippen LogP contribution in [0.15, 0.2) is 29.3 Å². The number of fused-ring (bicyclic) bond motifs is 2. The highest BCUT2D eigenvalue weighted by atomic mass is 32.1. The third kappa shape index (κ3) is 4.24. The Morgan fingerprint density at radius 1 is 1.30 bits per heavy atom. The molecule has 1 amide bonds. The van der Waals surface area contributed by atoms with Gasteiger partial charge in [-0.2, -0.15) is 0 Å². The standard InChI is InChI=1S/C22H21N3O7S/c1-11-17-20(33-19(11)22(29)31-7-6-30-3)23-10-25(21(17)28)12(2)18(27)13-4-5-15-14(8-13)24-16(26)9-32-15/h4-5,8,10,12H,6-7,9H2,1-3H3,(H,24,26). The van der Waals surface area contributed by atoms with E-state index in [0.717, 1.165) is 11.3 Å². The molecule has 0 saturated carbocycles. The van der Waals surface area contributed by atoms with Gasteiger partial charge in [-0.05, 0) is 37.6 Å². The van der Waals surface area contributed by atoms with Crippen LogP contribution in [0.2, 0.25) is 0 Å². The highest BCUT2D eigenvalue weighted by Crippen LogP contribution is 2.31. The minimum atomic E-state index is -0.871. The summed E-state index contributed by atoms with van der Waals surface area (Å²) in [6.07, 6.45) is 1.30. The van der Waals surface area contributed by atoms with Crippen molar-refractivity contribution in [1.29, 1.82) is 0 Å². The third-order valence-electron chi connectivity index (χ3n) is 5.28. The fraction of sp³-hybridized carbons (Fsp3) is 0.318. The molecule has 1 N–H and O–H groups in total. The number of thiophene rings is 1. The van der Waals surface area contributed by atoms with Crippen molar-refractivity contribution in [2.75, 3.05) is 32.2 Å². The maximum Gasteiger partial charge on any atom is 0.348 e. The molecule has 2 aromatic heterocycles. The van der Waals surface area contributed by atoms with Crippen molar-refractivity contribution >= 4 is 44.9 Å². The zero-order valence-corrected chi connectivity index (χ0v) is 19.0. The van der Waals surface area contributed by atoms with Crippen LogP contribution in [-0.4, -0.2) is 54.1 Å². The first kappa shape index (κ1) is 22.6. The van der Waals surface area contributed by atoms with E-state index in [4.69, 9.17) is 14.2 Å². The lowest BCUT2D eigenvalue weighted by molar-refractivity contribution is -0.118. The maximum absolute atomic E-state index is 13.2. The minimum Gasteiger partial charge on any atom is -0.482 e. The summed E-state index contributed by atoms with van der Waals surface area (Å²) in [7, 11) is 1.50. The van der Waals surface area contributed by atoms with E-state index in [9.17, 15) is 19.2 Å². The first-order chi connectivity index (χ1) is 15.8. The molecule has 0 aliphatic carbocycles. The fourth-order valence-electron chi connectivity index (χ4n) is 3.49. The number of ether oxygens (including phenoxy) is 3. The molecular formula is C22H21N3O7S. The number of esters is 1. The predicted octanol–water partition coefficient (Wildman–Crippen LogP) is 2.34. The van der Waals surface area contributed by atoms with Gasteiger partial charge in [0.1, 0.15) is 22.1 Å². The van der Waals surface area contributed by atoms with E-state index in [1.54, 1.807) is 26.0 Å². The normalized spacial score (nSPS) is 13.7. The molecule has 0 radical (unpaired) electrons. The van der Waals surface area contributed by atoms with Crippen LogP contribution in [0.5, 0.6) is 5.75 Å². The molecule has 1 aromatic carbocycles. The summed E-state index contributed by atoms with van der Waals surface area (Å²) in [5.41, 5.74) is 0.733. The van der Waals surface area contributed by atoms with Crippen molar-refractivity contribution in [3.8, 4) is 5.75 Å². The van der Waals surface area contributed by atoms with Gasteiger partial charge in [0.05, 0.1) is 30.0 Å². The minimum absolute atomic E-state index is 0.0837. The number of aromatic nitrogens is 2. The molecule has 172 valence electrons. The summed E-state index contributed by atoms with van der Waals surface area (Å²) in [6, 6.07) is 3.83. The number of rotatable bonds is 7. The van der Waals surface area contributed by atoms with Crippen LogP contribution >= 0.6 is 11.3 Å². The molecule has 0 fully saturated rings. The Bertz CT molecular complexity index is 1330. The van der Waals surface area contributed by atoms with Crippen molar-refractivity contribution in [2.45, 2.75) is 19.9 Å². The second kappa shape index (κ2) is 9.12. The Morgan fingerprint density at radius 2 is 2.09 bits per heavy atom. The summed E-state index contributed by atoms with van der Waals surface area (Å²) in [6.45, 7) is 3.52. The lowest BCUT2D eigenvalue weighted by atomic mass is 10.0. The van der Waals surface area contributed by atoms with Crippen LogP contribution in [-0.2, 0) is 14.3 Å². The van der Waals surface area contributed by atoms with E-state index < -0.39 is 17.6 Å². The number of anilines is 1. The quantitative estimate of drug-likeness (QED) is 0.316. The number of methoxy groups -OCH3 is 1. The Hall–Kier alpha value is -3.57. The number of benzene rings is 1. The first-order valence-corrected chi connectivity index (χ1v) is 10.9. The summed E-state index contributed by atoms with van der Waals surface area (Å²) in [4.78, 5) is 55.3. The average Bonchev–Trinajstić information content (AvgIpc) is 3.15. The number of nitrogens with zero attached hydrogens (tertiary/aromatic N) is 2. The molecule has 3 heterocycles. The third-order valence-corrected chi connectivity index (χ3v) is 6.46. The molecule has 1 aliphatic heterocycles. The van der Waals surface area contributed by atoms with Crippen molar-refractivity contribution in [2.24, 2.45) is 0 Å². The van der Waals surface area contributed by atoms with Crippen molar-refractivity contribution < 1.29 is 28.6 Å². The molecule has 4 rings (SSSR count). The number of Topliss-reactive ketones (excluding diaryl/α,β-unsaturated/α-hetero) is 1. The average molecular weight is 471 g/mol. The van der Waals surface area contributed by atoms with Crippen LogP contribution in [0.25, 0.3) is 10.2 Å². The van der Waals surface area contributed by atoms with E-state index in [1.807, 2.05) is 0 Å². The molecule has 0 spiro atoms. The number of aryl methyl sites for hydroxylation is 1. The summed E-state index contributed by atoms with van der Waals surface area (Å²) >= 11 is 1.07. The smallest absolute Gasteiger partial charge is 0.348 e. The molecule has 1 aliphatic rings. The zero-order chi connectivity index (χ0) is 23.7. The number of hydrogen-bond donors (Lipinski definition) is 1. The van der Waals surface area contributed by atoms with Crippen LogP contribution in [0, 0.1) is 6.92 Å². The second-order valence-corrected chi connectivity index (χ2v) is 8.41.